The Labute approximate surface area is 233 Å². The first kappa shape index (κ1) is 30.1. The Kier molecular flexibility index (Phi) is 11.4. The van der Waals surface area contributed by atoms with E-state index in [4.69, 9.17) is 14.6 Å². The molecule has 0 amide bonds. The van der Waals surface area contributed by atoms with Gasteiger partial charge in [0, 0.05) is 19.0 Å². The van der Waals surface area contributed by atoms with Crippen LogP contribution in [-0.4, -0.2) is 52.5 Å². The molecule has 1 aromatic heterocycles. The van der Waals surface area contributed by atoms with Crippen molar-refractivity contribution in [3.05, 3.63) is 112 Å². The first-order valence-corrected chi connectivity index (χ1v) is 12.9. The Morgan fingerprint density at radius 1 is 1.02 bits per heavy atom. The molecule has 0 atom stereocenters. The molecular formula is C31H35N3O6. The maximum absolute atomic E-state index is 12.7. The Morgan fingerprint density at radius 2 is 1.70 bits per heavy atom. The molecule has 210 valence electrons. The van der Waals surface area contributed by atoms with Crippen LogP contribution in [0.15, 0.2) is 83.7 Å². The average molecular weight is 546 g/mol. The molecule has 0 bridgehead atoms. The lowest BCUT2D eigenvalue weighted by Crippen LogP contribution is -2.25. The number of hydrogen-bond acceptors (Lipinski definition) is 7. The van der Waals surface area contributed by atoms with Crippen molar-refractivity contribution in [3.8, 4) is 22.6 Å². The third kappa shape index (κ3) is 8.79. The summed E-state index contributed by atoms with van der Waals surface area (Å²) in [6, 6.07) is 25.1. The van der Waals surface area contributed by atoms with Gasteiger partial charge >= 0.3 is 5.97 Å². The van der Waals surface area contributed by atoms with Crippen LogP contribution in [0.4, 0.5) is 0 Å². The third-order valence-electron chi connectivity index (χ3n) is 5.77. The lowest BCUT2D eigenvalue weighted by molar-refractivity contribution is 0.0683. The zero-order valence-corrected chi connectivity index (χ0v) is 22.9. The van der Waals surface area contributed by atoms with E-state index in [0.717, 1.165) is 22.3 Å². The van der Waals surface area contributed by atoms with Gasteiger partial charge in [0.05, 0.1) is 13.7 Å². The van der Waals surface area contributed by atoms with Gasteiger partial charge in [-0.15, -0.1) is 0 Å². The lowest BCUT2D eigenvalue weighted by Gasteiger charge is -2.13. The number of carbonyl (C=O) groups is 1. The first-order valence-electron chi connectivity index (χ1n) is 12.9. The molecule has 3 aromatic carbocycles. The number of aliphatic hydroxyl groups is 1. The van der Waals surface area contributed by atoms with Crippen LogP contribution < -0.4 is 20.3 Å². The van der Waals surface area contributed by atoms with Crippen molar-refractivity contribution in [1.82, 2.24) is 15.3 Å². The lowest BCUT2D eigenvalue weighted by atomic mass is 9.97. The molecule has 4 aromatic rings. The Bertz CT molecular complexity index is 1420. The third-order valence-corrected chi connectivity index (χ3v) is 5.77. The summed E-state index contributed by atoms with van der Waals surface area (Å²) >= 11 is 0. The van der Waals surface area contributed by atoms with Crippen LogP contribution in [0.25, 0.3) is 11.1 Å². The molecule has 0 unspecified atom stereocenters. The van der Waals surface area contributed by atoms with Gasteiger partial charge in [-0.25, -0.2) is 9.78 Å². The van der Waals surface area contributed by atoms with Crippen molar-refractivity contribution >= 4 is 5.97 Å². The van der Waals surface area contributed by atoms with Gasteiger partial charge in [0.1, 0.15) is 18.2 Å². The largest absolute Gasteiger partial charge is 0.497 e. The number of benzene rings is 3. The zero-order chi connectivity index (χ0) is 28.9. The van der Waals surface area contributed by atoms with E-state index in [1.165, 1.54) is 0 Å². The summed E-state index contributed by atoms with van der Waals surface area (Å²) in [5.41, 5.74) is 2.49. The van der Waals surface area contributed by atoms with E-state index >= 15 is 0 Å². The van der Waals surface area contributed by atoms with Crippen LogP contribution in [0.2, 0.25) is 0 Å². The number of aliphatic hydroxyl groups excluding tert-OH is 1. The molecular weight excluding hydrogens is 510 g/mol. The number of carboxylic acid groups (broad SMARTS) is 1. The second-order valence-corrected chi connectivity index (χ2v) is 9.17. The number of methoxy groups -OCH3 is 1. The van der Waals surface area contributed by atoms with E-state index < -0.39 is 17.2 Å². The van der Waals surface area contributed by atoms with Crippen LogP contribution in [0.5, 0.6) is 11.5 Å². The molecule has 4 rings (SSSR count). The number of H-pyrrole nitrogens is 1. The number of hydrogen-bond donors (Lipinski definition) is 4. The zero-order valence-electron chi connectivity index (χ0n) is 22.9. The Morgan fingerprint density at radius 3 is 2.27 bits per heavy atom. The molecule has 9 heteroatoms. The molecule has 0 saturated heterocycles. The minimum Gasteiger partial charge on any atom is -0.497 e. The molecule has 40 heavy (non-hydrogen) atoms. The highest BCUT2D eigenvalue weighted by atomic mass is 16.5. The molecule has 9 nitrogen and oxygen atoms in total. The molecule has 0 aliphatic heterocycles. The number of nitrogens with zero attached hydrogens (tertiary/aromatic N) is 1. The van der Waals surface area contributed by atoms with E-state index in [1.54, 1.807) is 7.11 Å². The van der Waals surface area contributed by atoms with Gasteiger partial charge in [0.25, 0.3) is 5.56 Å². The van der Waals surface area contributed by atoms with Crippen molar-refractivity contribution < 1.29 is 24.5 Å². The highest BCUT2D eigenvalue weighted by Crippen LogP contribution is 2.29. The van der Waals surface area contributed by atoms with Gasteiger partial charge in [-0.3, -0.25) is 4.79 Å². The highest BCUT2D eigenvalue weighted by molar-refractivity contribution is 5.88. The minimum absolute atomic E-state index is 0.0548. The van der Waals surface area contributed by atoms with E-state index in [0.29, 0.717) is 18.3 Å². The fourth-order valence-corrected chi connectivity index (χ4v) is 3.88. The molecule has 0 spiro atoms. The van der Waals surface area contributed by atoms with Crippen molar-refractivity contribution in [2.75, 3.05) is 20.3 Å². The summed E-state index contributed by atoms with van der Waals surface area (Å²) in [4.78, 5) is 31.5. The van der Waals surface area contributed by atoms with Gasteiger partial charge in [-0.05, 0) is 34.4 Å². The van der Waals surface area contributed by atoms with E-state index in [9.17, 15) is 14.7 Å². The highest BCUT2D eigenvalue weighted by Gasteiger charge is 2.20. The van der Waals surface area contributed by atoms with Crippen LogP contribution >= 0.6 is 0 Å². The van der Waals surface area contributed by atoms with Crippen molar-refractivity contribution in [2.24, 2.45) is 0 Å². The minimum atomic E-state index is -1.33. The second-order valence-electron chi connectivity index (χ2n) is 9.17. The standard InChI is InChI=1S/C26H22N2O5.C5H13NO/c1-32-20-12-13-21(18-10-6-3-7-11-18)19(14-20)15-22-27-23(26(30)31)24(25(29)28-22)33-16-17-8-4-2-5-9-17;1-5(2)6-3-4-7/h2-14H,15-16H2,1H3,(H,30,31)(H,27,28,29);5-7H,3-4H2,1-2H3. The normalized spacial score (nSPS) is 10.5. The summed E-state index contributed by atoms with van der Waals surface area (Å²) < 4.78 is 10.9. The Balaban J connectivity index is 0.000000559. The fraction of sp³-hybridized carbons (Fsp3) is 0.258. The van der Waals surface area contributed by atoms with E-state index in [2.05, 4.69) is 29.1 Å². The quantitative estimate of drug-likeness (QED) is 0.219. The number of aromatic amines is 1. The maximum Gasteiger partial charge on any atom is 0.358 e. The molecule has 0 saturated carbocycles. The summed E-state index contributed by atoms with van der Waals surface area (Å²) in [6.45, 7) is 5.10. The van der Waals surface area contributed by atoms with Crippen LogP contribution in [0, 0.1) is 0 Å². The van der Waals surface area contributed by atoms with Crippen LogP contribution in [0.3, 0.4) is 0 Å². The molecule has 0 radical (unpaired) electrons. The van der Waals surface area contributed by atoms with Crippen molar-refractivity contribution in [3.63, 3.8) is 0 Å². The number of aromatic nitrogens is 2. The topological polar surface area (TPSA) is 134 Å². The molecule has 0 aliphatic rings. The number of aromatic carboxylic acids is 1. The predicted molar refractivity (Wildman–Crippen MR) is 154 cm³/mol. The number of nitrogens with one attached hydrogen (secondary N) is 2. The summed E-state index contributed by atoms with van der Waals surface area (Å²) in [6.07, 6.45) is 0.204. The summed E-state index contributed by atoms with van der Waals surface area (Å²) in [5.74, 6) is -0.786. The second kappa shape index (κ2) is 15.2. The number of rotatable bonds is 11. The number of carboxylic acids is 1. The van der Waals surface area contributed by atoms with E-state index in [-0.39, 0.29) is 31.2 Å². The van der Waals surface area contributed by atoms with Gasteiger partial charge in [0.2, 0.25) is 5.75 Å². The summed E-state index contributed by atoms with van der Waals surface area (Å²) in [5, 5.41) is 21.0. The summed E-state index contributed by atoms with van der Waals surface area (Å²) in [7, 11) is 1.57. The smallest absolute Gasteiger partial charge is 0.358 e. The van der Waals surface area contributed by atoms with Crippen molar-refractivity contribution in [1.29, 1.82) is 0 Å². The van der Waals surface area contributed by atoms with Gasteiger partial charge in [0.15, 0.2) is 5.69 Å². The van der Waals surface area contributed by atoms with Crippen LogP contribution in [-0.2, 0) is 13.0 Å². The van der Waals surface area contributed by atoms with Gasteiger partial charge in [-0.2, -0.15) is 0 Å². The van der Waals surface area contributed by atoms with Crippen LogP contribution in [0.1, 0.15) is 41.3 Å². The Hall–Kier alpha value is -4.47. The molecule has 0 fully saturated rings. The monoisotopic (exact) mass is 545 g/mol. The predicted octanol–water partition coefficient (Wildman–Crippen LogP) is 4.29. The fourth-order valence-electron chi connectivity index (χ4n) is 3.88. The van der Waals surface area contributed by atoms with Crippen molar-refractivity contribution in [2.45, 2.75) is 32.9 Å². The van der Waals surface area contributed by atoms with Gasteiger partial charge < -0.3 is 30.0 Å². The molecule has 4 N–H and O–H groups in total. The SMILES string of the molecule is CC(C)NCCO.COc1ccc(-c2ccccc2)c(Cc2nc(C(=O)O)c(OCc3ccccc3)c(=O)[nH]2)c1. The molecule has 1 heterocycles. The number of ether oxygens (including phenoxy) is 2. The van der Waals surface area contributed by atoms with E-state index in [1.807, 2.05) is 78.9 Å². The molecule has 0 aliphatic carbocycles. The van der Waals surface area contributed by atoms with Gasteiger partial charge in [-0.1, -0.05) is 80.6 Å². The maximum atomic E-state index is 12.7. The first-order chi connectivity index (χ1) is 19.3. The average Bonchev–Trinajstić information content (AvgIpc) is 2.96.